The number of amides is 1. The fourth-order valence-corrected chi connectivity index (χ4v) is 3.42. The van der Waals surface area contributed by atoms with Crippen molar-refractivity contribution >= 4 is 74.5 Å². The molecule has 30 heavy (non-hydrogen) atoms. The number of carbonyl (C=O) groups is 1. The van der Waals surface area contributed by atoms with Crippen LogP contribution in [0.3, 0.4) is 0 Å². The molecule has 0 aliphatic heterocycles. The first-order valence-electron chi connectivity index (χ1n) is 8.85. The summed E-state index contributed by atoms with van der Waals surface area (Å²) in [6.45, 7) is 0. The molecule has 0 radical (unpaired) electrons. The van der Waals surface area contributed by atoms with Gasteiger partial charge in [0.25, 0.3) is 5.91 Å². The molecule has 3 aromatic carbocycles. The van der Waals surface area contributed by atoms with Gasteiger partial charge in [-0.15, -0.1) is 0 Å². The summed E-state index contributed by atoms with van der Waals surface area (Å²) in [6.07, 6.45) is -1.09. The van der Waals surface area contributed by atoms with Gasteiger partial charge in [0.05, 0.1) is 12.8 Å². The van der Waals surface area contributed by atoms with E-state index < -0.39 is 15.9 Å². The van der Waals surface area contributed by atoms with Gasteiger partial charge in [-0.1, -0.05) is 83.3 Å². The minimum Gasteiger partial charge on any atom is -0.495 e. The molecule has 5 nitrogen and oxygen atoms in total. The van der Waals surface area contributed by atoms with Gasteiger partial charge in [-0.2, -0.15) is 0 Å². The summed E-state index contributed by atoms with van der Waals surface area (Å²) < 4.78 is 3.42. The normalized spacial score (nSPS) is 12.1. The van der Waals surface area contributed by atoms with Crippen molar-refractivity contribution in [3.05, 3.63) is 72.3 Å². The fourth-order valence-electron chi connectivity index (χ4n) is 2.87. The first-order chi connectivity index (χ1) is 14.3. The van der Waals surface area contributed by atoms with Gasteiger partial charge in [-0.05, 0) is 41.2 Å². The number of methoxy groups -OCH3 is 1. The highest BCUT2D eigenvalue weighted by Crippen LogP contribution is 2.30. The topological polar surface area (TPSA) is 62.4 Å². The second-order valence-electron chi connectivity index (χ2n) is 6.27. The third kappa shape index (κ3) is 5.46. The zero-order chi connectivity index (χ0) is 21.7. The van der Waals surface area contributed by atoms with E-state index in [0.29, 0.717) is 17.0 Å². The van der Waals surface area contributed by atoms with Crippen molar-refractivity contribution in [3.8, 4) is 5.75 Å². The van der Waals surface area contributed by atoms with Gasteiger partial charge >= 0.3 is 0 Å². The van der Waals surface area contributed by atoms with Gasteiger partial charge in [0, 0.05) is 5.56 Å². The number of alkyl halides is 3. The lowest BCUT2D eigenvalue weighted by Gasteiger charge is -2.28. The van der Waals surface area contributed by atoms with Crippen LogP contribution in [-0.2, 0) is 0 Å². The summed E-state index contributed by atoms with van der Waals surface area (Å²) in [5, 5.41) is 10.4. The Morgan fingerprint density at radius 1 is 0.967 bits per heavy atom. The molecule has 3 aromatic rings. The molecule has 0 saturated heterocycles. The standard InChI is InChI=1S/C21H18Cl3N3O2S/c1-29-17-12-5-4-11-16(17)25-20(30)27-19(21(22,23)24)26-18(28)15-10-6-8-13-7-2-3-9-14(13)15/h2-12,19H,1H3,(H,26,28)(H2,25,27,30)/t19-/m0/s1. The number of hydrogen-bond donors (Lipinski definition) is 3. The Labute approximate surface area is 194 Å². The molecule has 1 atom stereocenters. The summed E-state index contributed by atoms with van der Waals surface area (Å²) in [5.74, 6) is 0.183. The van der Waals surface area contributed by atoms with Crippen molar-refractivity contribution in [2.45, 2.75) is 9.96 Å². The second-order valence-corrected chi connectivity index (χ2v) is 9.05. The molecule has 156 valence electrons. The first kappa shape index (κ1) is 22.4. The molecule has 3 N–H and O–H groups in total. The van der Waals surface area contributed by atoms with E-state index in [4.69, 9.17) is 51.8 Å². The average Bonchev–Trinajstić information content (AvgIpc) is 2.72. The predicted molar refractivity (Wildman–Crippen MR) is 128 cm³/mol. The van der Waals surface area contributed by atoms with Crippen LogP contribution in [0.15, 0.2) is 66.7 Å². The lowest BCUT2D eigenvalue weighted by Crippen LogP contribution is -2.56. The zero-order valence-corrected chi connectivity index (χ0v) is 18.9. The Hall–Kier alpha value is -2.25. The van der Waals surface area contributed by atoms with Crippen LogP contribution in [0.1, 0.15) is 10.4 Å². The monoisotopic (exact) mass is 481 g/mol. The van der Waals surface area contributed by atoms with Crippen molar-refractivity contribution in [2.75, 3.05) is 12.4 Å². The minimum atomic E-state index is -1.87. The van der Waals surface area contributed by atoms with Crippen LogP contribution in [0.2, 0.25) is 0 Å². The summed E-state index contributed by atoms with van der Waals surface area (Å²) in [4.78, 5) is 12.9. The smallest absolute Gasteiger partial charge is 0.253 e. The Balaban J connectivity index is 1.78. The number of hydrogen-bond acceptors (Lipinski definition) is 3. The zero-order valence-electron chi connectivity index (χ0n) is 15.8. The van der Waals surface area contributed by atoms with Crippen LogP contribution in [0.4, 0.5) is 5.69 Å². The molecule has 9 heteroatoms. The molecular weight excluding hydrogens is 465 g/mol. The maximum absolute atomic E-state index is 12.9. The molecule has 0 aliphatic rings. The van der Waals surface area contributed by atoms with Crippen LogP contribution in [0.25, 0.3) is 10.8 Å². The highest BCUT2D eigenvalue weighted by atomic mass is 35.6. The molecule has 0 saturated carbocycles. The van der Waals surface area contributed by atoms with Gasteiger partial charge in [-0.3, -0.25) is 4.79 Å². The number of anilines is 1. The maximum atomic E-state index is 12.9. The third-order valence-electron chi connectivity index (χ3n) is 4.27. The number of halogens is 3. The summed E-state index contributed by atoms with van der Waals surface area (Å²) >= 11 is 23.6. The summed E-state index contributed by atoms with van der Waals surface area (Å²) in [7, 11) is 1.55. The van der Waals surface area contributed by atoms with E-state index in [9.17, 15) is 4.79 Å². The molecule has 3 rings (SSSR count). The molecular formula is C21H18Cl3N3O2S. The molecule has 0 heterocycles. The Bertz CT molecular complexity index is 1070. The predicted octanol–water partition coefficient (Wildman–Crippen LogP) is 5.26. The van der Waals surface area contributed by atoms with Gasteiger partial charge in [0.15, 0.2) is 5.11 Å². The number of para-hydroxylation sites is 2. The Morgan fingerprint density at radius 2 is 1.63 bits per heavy atom. The fraction of sp³-hybridized carbons (Fsp3) is 0.143. The van der Waals surface area contributed by atoms with Crippen LogP contribution in [0, 0.1) is 0 Å². The molecule has 0 fully saturated rings. The molecule has 0 bridgehead atoms. The quantitative estimate of drug-likeness (QED) is 0.263. The number of rotatable bonds is 5. The van der Waals surface area contributed by atoms with Gasteiger partial charge in [0.2, 0.25) is 3.79 Å². The average molecular weight is 483 g/mol. The van der Waals surface area contributed by atoms with Crippen LogP contribution < -0.4 is 20.7 Å². The maximum Gasteiger partial charge on any atom is 0.253 e. The van der Waals surface area contributed by atoms with Gasteiger partial charge in [0.1, 0.15) is 11.9 Å². The van der Waals surface area contributed by atoms with E-state index in [1.807, 2.05) is 42.5 Å². The first-order valence-corrected chi connectivity index (χ1v) is 10.4. The molecule has 0 spiro atoms. The lowest BCUT2D eigenvalue weighted by molar-refractivity contribution is 0.0936. The number of thiocarbonyl (C=S) groups is 1. The van der Waals surface area contributed by atoms with Crippen molar-refractivity contribution in [2.24, 2.45) is 0 Å². The minimum absolute atomic E-state index is 0.147. The number of carbonyl (C=O) groups excluding carboxylic acids is 1. The number of nitrogens with one attached hydrogen (secondary N) is 3. The summed E-state index contributed by atoms with van der Waals surface area (Å²) in [5.41, 5.74) is 1.08. The van der Waals surface area contributed by atoms with E-state index in [1.165, 1.54) is 0 Å². The SMILES string of the molecule is COc1ccccc1NC(=S)N[C@H](NC(=O)c1cccc2ccccc12)C(Cl)(Cl)Cl. The summed E-state index contributed by atoms with van der Waals surface area (Å²) in [6, 6.07) is 20.2. The van der Waals surface area contributed by atoms with Crippen molar-refractivity contribution in [1.29, 1.82) is 0 Å². The highest BCUT2D eigenvalue weighted by Gasteiger charge is 2.35. The van der Waals surface area contributed by atoms with E-state index in [2.05, 4.69) is 16.0 Å². The third-order valence-corrected chi connectivity index (χ3v) is 5.14. The largest absolute Gasteiger partial charge is 0.495 e. The number of benzene rings is 3. The number of ether oxygens (including phenoxy) is 1. The van der Waals surface area contributed by atoms with Crippen molar-refractivity contribution in [3.63, 3.8) is 0 Å². The Kier molecular flexibility index (Phi) is 7.26. The molecule has 0 aliphatic carbocycles. The van der Waals surface area contributed by atoms with Crippen LogP contribution >= 0.6 is 47.0 Å². The molecule has 0 aromatic heterocycles. The van der Waals surface area contributed by atoms with Crippen LogP contribution in [-0.4, -0.2) is 28.1 Å². The second kappa shape index (κ2) is 9.71. The van der Waals surface area contributed by atoms with Crippen molar-refractivity contribution in [1.82, 2.24) is 10.6 Å². The van der Waals surface area contributed by atoms with Crippen LogP contribution in [0.5, 0.6) is 5.75 Å². The van der Waals surface area contributed by atoms with E-state index in [0.717, 1.165) is 10.8 Å². The van der Waals surface area contributed by atoms with E-state index >= 15 is 0 Å². The number of fused-ring (bicyclic) bond motifs is 1. The van der Waals surface area contributed by atoms with Gasteiger partial charge < -0.3 is 20.7 Å². The molecule has 0 unspecified atom stereocenters. The Morgan fingerprint density at radius 3 is 2.37 bits per heavy atom. The highest BCUT2D eigenvalue weighted by molar-refractivity contribution is 7.80. The molecule has 1 amide bonds. The lowest BCUT2D eigenvalue weighted by atomic mass is 10.0. The van der Waals surface area contributed by atoms with E-state index in [-0.39, 0.29) is 5.11 Å². The van der Waals surface area contributed by atoms with Gasteiger partial charge in [-0.25, -0.2) is 0 Å². The van der Waals surface area contributed by atoms with E-state index in [1.54, 1.807) is 31.4 Å². The van der Waals surface area contributed by atoms with Crippen molar-refractivity contribution < 1.29 is 9.53 Å².